The molecular weight excluding hydrogens is 502 g/mol. The summed E-state index contributed by atoms with van der Waals surface area (Å²) in [7, 11) is 1.94. The number of hydrogen-bond donors (Lipinski definition) is 2. The Morgan fingerprint density at radius 3 is 2.70 bits per heavy atom. The van der Waals surface area contributed by atoms with Gasteiger partial charge in [0.25, 0.3) is 5.91 Å². The number of carbonyl (C=O) groups is 1. The minimum atomic E-state index is -0.341. The molecule has 0 saturated heterocycles. The molecule has 5 rings (SSSR count). The highest BCUT2D eigenvalue weighted by molar-refractivity contribution is 6.03. The molecule has 9 nitrogen and oxygen atoms in total. The first-order valence-electron chi connectivity index (χ1n) is 13.9. The molecule has 1 aromatic carbocycles. The summed E-state index contributed by atoms with van der Waals surface area (Å²) in [5.41, 5.74) is 3.40. The van der Waals surface area contributed by atoms with E-state index < -0.39 is 0 Å². The molecule has 0 atom stereocenters. The quantitative estimate of drug-likeness (QED) is 0.417. The molecule has 3 aromatic rings. The van der Waals surface area contributed by atoms with E-state index in [0.29, 0.717) is 36.9 Å². The molecule has 0 radical (unpaired) electrons. The van der Waals surface area contributed by atoms with Gasteiger partial charge in [0, 0.05) is 43.2 Å². The smallest absolute Gasteiger partial charge is 0.274 e. The number of nitrogens with one attached hydrogen (secondary N) is 2. The van der Waals surface area contributed by atoms with Crippen molar-refractivity contribution in [1.82, 2.24) is 25.1 Å². The number of rotatable bonds is 8. The van der Waals surface area contributed by atoms with Crippen LogP contribution < -0.4 is 15.4 Å². The second-order valence-electron chi connectivity index (χ2n) is 13.2. The number of aryl methyl sites for hydroxylation is 1. The predicted molar refractivity (Wildman–Crippen MR) is 153 cm³/mol. The number of ether oxygens (including phenoxy) is 1. The minimum absolute atomic E-state index is 0.138. The zero-order valence-corrected chi connectivity index (χ0v) is 24.3. The molecule has 210 valence electrons. The maximum absolute atomic E-state index is 13.6. The Morgan fingerprint density at radius 2 is 2.02 bits per heavy atom. The fourth-order valence-electron chi connectivity index (χ4n) is 5.90. The molecule has 3 heterocycles. The number of aromatic nitrogens is 4. The third-order valence-corrected chi connectivity index (χ3v) is 7.94. The number of amides is 1. The maximum Gasteiger partial charge on any atom is 0.274 e. The van der Waals surface area contributed by atoms with Gasteiger partial charge >= 0.3 is 0 Å². The lowest BCUT2D eigenvalue weighted by Gasteiger charge is -2.46. The monoisotopic (exact) mass is 541 g/mol. The number of hydrogen-bond acceptors (Lipinski definition) is 7. The summed E-state index contributed by atoms with van der Waals surface area (Å²) in [5, 5.41) is 24.4. The van der Waals surface area contributed by atoms with Crippen LogP contribution in [0.4, 0.5) is 5.69 Å². The Hall–Kier alpha value is -3.77. The third kappa shape index (κ3) is 5.33. The molecule has 0 unspecified atom stereocenters. The van der Waals surface area contributed by atoms with Crippen molar-refractivity contribution in [2.24, 2.45) is 18.4 Å². The summed E-state index contributed by atoms with van der Waals surface area (Å²) >= 11 is 0. The number of pyridine rings is 1. The first-order valence-corrected chi connectivity index (χ1v) is 13.9. The van der Waals surface area contributed by atoms with Gasteiger partial charge in [0.1, 0.15) is 23.6 Å². The summed E-state index contributed by atoms with van der Waals surface area (Å²) < 4.78 is 8.00. The van der Waals surface area contributed by atoms with Gasteiger partial charge in [-0.2, -0.15) is 5.26 Å². The number of nitrogens with zero attached hydrogens (tertiary/aromatic N) is 5. The highest BCUT2D eigenvalue weighted by atomic mass is 16.5. The molecule has 9 heteroatoms. The molecule has 1 aliphatic heterocycles. The first kappa shape index (κ1) is 27.8. The van der Waals surface area contributed by atoms with Gasteiger partial charge < -0.3 is 19.9 Å². The lowest BCUT2D eigenvalue weighted by Crippen LogP contribution is -2.44. The van der Waals surface area contributed by atoms with Crippen LogP contribution in [0.25, 0.3) is 0 Å². The van der Waals surface area contributed by atoms with E-state index in [0.717, 1.165) is 47.8 Å². The van der Waals surface area contributed by atoms with Crippen LogP contribution in [0.1, 0.15) is 87.0 Å². The van der Waals surface area contributed by atoms with Crippen molar-refractivity contribution in [1.29, 1.82) is 5.26 Å². The van der Waals surface area contributed by atoms with Crippen LogP contribution in [-0.2, 0) is 24.4 Å². The Bertz CT molecular complexity index is 1460. The van der Waals surface area contributed by atoms with Crippen molar-refractivity contribution in [3.63, 3.8) is 0 Å². The van der Waals surface area contributed by atoms with E-state index in [1.54, 1.807) is 6.33 Å². The fourth-order valence-corrected chi connectivity index (χ4v) is 5.90. The van der Waals surface area contributed by atoms with Gasteiger partial charge in [0.15, 0.2) is 0 Å². The van der Waals surface area contributed by atoms with Crippen molar-refractivity contribution >= 4 is 11.6 Å². The molecule has 0 bridgehead atoms. The van der Waals surface area contributed by atoms with Gasteiger partial charge in [0.05, 0.1) is 23.8 Å². The van der Waals surface area contributed by atoms with Crippen LogP contribution in [-0.4, -0.2) is 38.8 Å². The van der Waals surface area contributed by atoms with E-state index >= 15 is 0 Å². The number of benzene rings is 1. The highest BCUT2D eigenvalue weighted by Gasteiger charge is 2.49. The van der Waals surface area contributed by atoms with E-state index in [2.05, 4.69) is 67.6 Å². The number of anilines is 1. The van der Waals surface area contributed by atoms with E-state index in [9.17, 15) is 10.1 Å². The minimum Gasteiger partial charge on any atom is -0.490 e. The van der Waals surface area contributed by atoms with Gasteiger partial charge in [-0.15, -0.1) is 10.2 Å². The Labute approximate surface area is 236 Å². The first-order chi connectivity index (χ1) is 18.9. The molecule has 40 heavy (non-hydrogen) atoms. The lowest BCUT2D eigenvalue weighted by atomic mass is 9.57. The second kappa shape index (κ2) is 10.3. The number of carbonyl (C=O) groups excluding carboxylic acids is 1. The van der Waals surface area contributed by atoms with Crippen molar-refractivity contribution in [2.45, 2.75) is 71.3 Å². The Kier molecular flexibility index (Phi) is 7.17. The molecule has 2 aliphatic rings. The van der Waals surface area contributed by atoms with Gasteiger partial charge in [-0.1, -0.05) is 46.8 Å². The van der Waals surface area contributed by atoms with E-state index in [4.69, 9.17) is 9.72 Å². The third-order valence-electron chi connectivity index (χ3n) is 7.94. The average Bonchev–Trinajstić information content (AvgIpc) is 3.43. The summed E-state index contributed by atoms with van der Waals surface area (Å²) in [6.07, 6.45) is 3.86. The van der Waals surface area contributed by atoms with Crippen molar-refractivity contribution in [3.05, 3.63) is 65.0 Å². The standard InChI is InChI=1S/C31H39N7O2/c1-29(2,3)17-33-16-21-12-24(36-26-25(21)40-18-30(26,4)5)27(39)35-23-9-7-8-22(13-23)31(14-20(15-31)10-11-32)28-37-34-19-38(28)6/h7-9,12-13,19-20,33H,10,14-18H2,1-6H3,(H,35,39). The van der Waals surface area contributed by atoms with E-state index in [-0.39, 0.29) is 22.2 Å². The zero-order valence-electron chi connectivity index (χ0n) is 24.3. The van der Waals surface area contributed by atoms with Crippen molar-refractivity contribution in [2.75, 3.05) is 18.5 Å². The lowest BCUT2D eigenvalue weighted by molar-refractivity contribution is 0.102. The van der Waals surface area contributed by atoms with Gasteiger partial charge in [-0.05, 0) is 47.9 Å². The average molecular weight is 542 g/mol. The fraction of sp³-hybridized carbons (Fsp3) is 0.516. The molecule has 2 aromatic heterocycles. The summed E-state index contributed by atoms with van der Waals surface area (Å²) in [6, 6.07) is 12.1. The van der Waals surface area contributed by atoms with Crippen LogP contribution in [0.2, 0.25) is 0 Å². The summed E-state index contributed by atoms with van der Waals surface area (Å²) in [4.78, 5) is 18.4. The molecule has 0 spiro atoms. The Morgan fingerprint density at radius 1 is 1.25 bits per heavy atom. The topological polar surface area (TPSA) is 118 Å². The van der Waals surface area contributed by atoms with Gasteiger partial charge in [-0.3, -0.25) is 4.79 Å². The SMILES string of the molecule is Cn1cnnc1C1(c2cccc(NC(=O)c3cc(CNCC(C)(C)C)c4c(n3)C(C)(C)CO4)c2)CC(CC#N)C1. The molecule has 1 amide bonds. The van der Waals surface area contributed by atoms with Crippen LogP contribution in [0.5, 0.6) is 5.75 Å². The molecule has 1 aliphatic carbocycles. The molecule has 1 fully saturated rings. The Balaban J connectivity index is 1.42. The number of nitriles is 1. The van der Waals surface area contributed by atoms with Crippen molar-refractivity contribution < 1.29 is 9.53 Å². The van der Waals surface area contributed by atoms with Crippen LogP contribution in [0.3, 0.4) is 0 Å². The maximum atomic E-state index is 13.6. The van der Waals surface area contributed by atoms with Crippen LogP contribution in [0.15, 0.2) is 36.7 Å². The van der Waals surface area contributed by atoms with E-state index in [1.165, 1.54) is 0 Å². The van der Waals surface area contributed by atoms with Crippen molar-refractivity contribution in [3.8, 4) is 11.8 Å². The molecule has 1 saturated carbocycles. The largest absolute Gasteiger partial charge is 0.490 e. The highest BCUT2D eigenvalue weighted by Crippen LogP contribution is 2.53. The second-order valence-corrected chi connectivity index (χ2v) is 13.2. The predicted octanol–water partition coefficient (Wildman–Crippen LogP) is 4.88. The van der Waals surface area contributed by atoms with Gasteiger partial charge in [-0.25, -0.2) is 4.98 Å². The van der Waals surface area contributed by atoms with Crippen LogP contribution in [0, 0.1) is 22.7 Å². The summed E-state index contributed by atoms with van der Waals surface area (Å²) in [5.74, 6) is 1.71. The van der Waals surface area contributed by atoms with Crippen LogP contribution >= 0.6 is 0 Å². The molecule has 2 N–H and O–H groups in total. The number of fused-ring (bicyclic) bond motifs is 1. The van der Waals surface area contributed by atoms with Gasteiger partial charge in [0.2, 0.25) is 0 Å². The summed E-state index contributed by atoms with van der Waals surface area (Å²) in [6.45, 7) is 12.7. The molecular formula is C31H39N7O2. The normalized spacial score (nSPS) is 21.2. The zero-order chi connectivity index (χ0) is 28.7. The van der Waals surface area contributed by atoms with E-state index in [1.807, 2.05) is 35.9 Å².